The van der Waals surface area contributed by atoms with E-state index in [2.05, 4.69) is 45.2 Å². The molecule has 6 heteroatoms. The fraction of sp³-hybridized carbons (Fsp3) is 0.208. The molecule has 0 spiro atoms. The average Bonchev–Trinajstić information content (AvgIpc) is 3.24. The van der Waals surface area contributed by atoms with Crippen molar-refractivity contribution in [2.45, 2.75) is 18.7 Å². The summed E-state index contributed by atoms with van der Waals surface area (Å²) >= 11 is 3.68. The van der Waals surface area contributed by atoms with Gasteiger partial charge in [-0.2, -0.15) is 5.10 Å². The standard InChI is InChI=1S/C24H19BrN2O3/c25-18-7-3-1-5-16(18)24-27-20(17-6-2-4-8-21(17)30-24)14-19(26-27)15-9-10-22-23(13-15)29-12-11-28-22/h1-10,13,20,24H,11-12,14H2. The van der Waals surface area contributed by atoms with Gasteiger partial charge in [0.2, 0.25) is 6.23 Å². The summed E-state index contributed by atoms with van der Waals surface area (Å²) in [5.74, 6) is 2.49. The molecular formula is C24H19BrN2O3. The van der Waals surface area contributed by atoms with Crippen LogP contribution in [0.5, 0.6) is 17.2 Å². The van der Waals surface area contributed by atoms with Crippen molar-refractivity contribution >= 4 is 21.6 Å². The monoisotopic (exact) mass is 462 g/mol. The summed E-state index contributed by atoms with van der Waals surface area (Å²) in [4.78, 5) is 0. The number of fused-ring (bicyclic) bond motifs is 4. The van der Waals surface area contributed by atoms with Gasteiger partial charge in [0.25, 0.3) is 0 Å². The van der Waals surface area contributed by atoms with Crippen molar-refractivity contribution in [2.75, 3.05) is 13.2 Å². The molecule has 0 saturated heterocycles. The molecule has 6 rings (SSSR count). The van der Waals surface area contributed by atoms with Crippen molar-refractivity contribution in [1.82, 2.24) is 5.01 Å². The van der Waals surface area contributed by atoms with Crippen molar-refractivity contribution in [3.8, 4) is 17.2 Å². The quantitative estimate of drug-likeness (QED) is 0.506. The molecule has 2 unspecified atom stereocenters. The molecule has 0 amide bonds. The van der Waals surface area contributed by atoms with Gasteiger partial charge in [0.05, 0.1) is 11.8 Å². The van der Waals surface area contributed by atoms with Crippen LogP contribution in [0.1, 0.15) is 35.4 Å². The van der Waals surface area contributed by atoms with Gasteiger partial charge in [-0.15, -0.1) is 0 Å². The Morgan fingerprint density at radius 2 is 1.60 bits per heavy atom. The number of hydrogen-bond acceptors (Lipinski definition) is 5. The number of para-hydroxylation sites is 1. The van der Waals surface area contributed by atoms with E-state index in [1.807, 2.05) is 42.5 Å². The maximum atomic E-state index is 6.43. The van der Waals surface area contributed by atoms with Crippen LogP contribution >= 0.6 is 15.9 Å². The number of ether oxygens (including phenoxy) is 3. The molecule has 3 aromatic rings. The van der Waals surface area contributed by atoms with E-state index in [0.717, 1.165) is 50.5 Å². The Hall–Kier alpha value is -2.99. The lowest BCUT2D eigenvalue weighted by molar-refractivity contribution is -0.0195. The zero-order valence-corrected chi connectivity index (χ0v) is 17.7. The van der Waals surface area contributed by atoms with E-state index in [1.54, 1.807) is 0 Å². The molecule has 0 N–H and O–H groups in total. The van der Waals surface area contributed by atoms with Crippen LogP contribution < -0.4 is 14.2 Å². The molecule has 30 heavy (non-hydrogen) atoms. The van der Waals surface area contributed by atoms with Gasteiger partial charge in [0.15, 0.2) is 11.5 Å². The fourth-order valence-corrected chi connectivity index (χ4v) is 4.79. The maximum absolute atomic E-state index is 6.43. The molecule has 0 saturated carbocycles. The number of rotatable bonds is 2. The van der Waals surface area contributed by atoms with Crippen molar-refractivity contribution in [2.24, 2.45) is 5.10 Å². The van der Waals surface area contributed by atoms with Crippen molar-refractivity contribution < 1.29 is 14.2 Å². The SMILES string of the molecule is Brc1ccccc1C1Oc2ccccc2C2CC(c3ccc4c(c3)OCCO4)=NN21. The molecule has 3 aliphatic heterocycles. The second-order valence-electron chi connectivity index (χ2n) is 7.53. The Bertz CT molecular complexity index is 1160. The Balaban J connectivity index is 1.43. The van der Waals surface area contributed by atoms with Crippen LogP contribution in [0.3, 0.4) is 0 Å². The average molecular weight is 463 g/mol. The van der Waals surface area contributed by atoms with Gasteiger partial charge in [-0.1, -0.05) is 52.3 Å². The molecule has 0 bridgehead atoms. The lowest BCUT2D eigenvalue weighted by Crippen LogP contribution is -2.33. The number of benzene rings is 3. The van der Waals surface area contributed by atoms with Crippen molar-refractivity contribution in [1.29, 1.82) is 0 Å². The minimum absolute atomic E-state index is 0.121. The Kier molecular flexibility index (Phi) is 4.20. The summed E-state index contributed by atoms with van der Waals surface area (Å²) in [5.41, 5.74) is 4.30. The highest BCUT2D eigenvalue weighted by atomic mass is 79.9. The zero-order chi connectivity index (χ0) is 20.1. The molecule has 3 heterocycles. The first-order valence-electron chi connectivity index (χ1n) is 10.0. The Labute approximate surface area is 183 Å². The smallest absolute Gasteiger partial charge is 0.214 e. The van der Waals surface area contributed by atoms with Gasteiger partial charge >= 0.3 is 0 Å². The van der Waals surface area contributed by atoms with E-state index in [1.165, 1.54) is 0 Å². The van der Waals surface area contributed by atoms with E-state index in [9.17, 15) is 0 Å². The fourth-order valence-electron chi connectivity index (χ4n) is 4.31. The minimum atomic E-state index is -0.296. The highest BCUT2D eigenvalue weighted by Gasteiger charge is 2.41. The summed E-state index contributed by atoms with van der Waals surface area (Å²) in [6, 6.07) is 22.6. The minimum Gasteiger partial charge on any atom is -0.486 e. The summed E-state index contributed by atoms with van der Waals surface area (Å²) in [7, 11) is 0. The summed E-state index contributed by atoms with van der Waals surface area (Å²) in [6.45, 7) is 1.16. The molecule has 5 nitrogen and oxygen atoms in total. The van der Waals surface area contributed by atoms with E-state index in [-0.39, 0.29) is 12.3 Å². The first-order chi connectivity index (χ1) is 14.8. The van der Waals surface area contributed by atoms with Crippen LogP contribution in [0.4, 0.5) is 0 Å². The maximum Gasteiger partial charge on any atom is 0.214 e. The zero-order valence-electron chi connectivity index (χ0n) is 16.1. The third-order valence-corrected chi connectivity index (χ3v) is 6.47. The van der Waals surface area contributed by atoms with Gasteiger partial charge in [-0.3, -0.25) is 0 Å². The molecule has 3 aliphatic rings. The topological polar surface area (TPSA) is 43.3 Å². The van der Waals surface area contributed by atoms with Gasteiger partial charge in [-0.25, -0.2) is 5.01 Å². The van der Waals surface area contributed by atoms with E-state index < -0.39 is 0 Å². The highest BCUT2D eigenvalue weighted by molar-refractivity contribution is 9.10. The van der Waals surface area contributed by atoms with Crippen LogP contribution in [0.15, 0.2) is 76.3 Å². The molecule has 150 valence electrons. The first-order valence-corrected chi connectivity index (χ1v) is 10.8. The van der Waals surface area contributed by atoms with Gasteiger partial charge in [0.1, 0.15) is 19.0 Å². The van der Waals surface area contributed by atoms with Gasteiger partial charge in [0, 0.05) is 27.6 Å². The molecular weight excluding hydrogens is 444 g/mol. The first kappa shape index (κ1) is 17.8. The van der Waals surface area contributed by atoms with Crippen LogP contribution in [-0.4, -0.2) is 23.9 Å². The van der Waals surface area contributed by atoms with Crippen molar-refractivity contribution in [3.05, 3.63) is 87.9 Å². The molecule has 3 aromatic carbocycles. The molecule has 0 aromatic heterocycles. The van der Waals surface area contributed by atoms with Crippen LogP contribution in [-0.2, 0) is 0 Å². The second-order valence-corrected chi connectivity index (χ2v) is 8.39. The Morgan fingerprint density at radius 1 is 0.833 bits per heavy atom. The van der Waals surface area contributed by atoms with E-state index in [4.69, 9.17) is 19.3 Å². The van der Waals surface area contributed by atoms with Crippen molar-refractivity contribution in [3.63, 3.8) is 0 Å². The highest BCUT2D eigenvalue weighted by Crippen LogP contribution is 2.48. The van der Waals surface area contributed by atoms with Gasteiger partial charge < -0.3 is 14.2 Å². The summed E-state index contributed by atoms with van der Waals surface area (Å²) in [5, 5.41) is 7.13. The molecule has 2 atom stereocenters. The normalized spacial score (nSPS) is 21.4. The van der Waals surface area contributed by atoms with E-state index >= 15 is 0 Å². The van der Waals surface area contributed by atoms with Crippen LogP contribution in [0, 0.1) is 0 Å². The third-order valence-electron chi connectivity index (χ3n) is 5.75. The molecule has 0 aliphatic carbocycles. The van der Waals surface area contributed by atoms with Crippen LogP contribution in [0.25, 0.3) is 0 Å². The summed E-state index contributed by atoms with van der Waals surface area (Å²) in [6.07, 6.45) is 0.510. The second kappa shape index (κ2) is 7.06. The van der Waals surface area contributed by atoms with E-state index in [0.29, 0.717) is 13.2 Å². The third kappa shape index (κ3) is 2.86. The largest absolute Gasteiger partial charge is 0.486 e. The molecule has 0 radical (unpaired) electrons. The predicted octanol–water partition coefficient (Wildman–Crippen LogP) is 5.46. The van der Waals surface area contributed by atoms with Crippen LogP contribution in [0.2, 0.25) is 0 Å². The molecule has 0 fully saturated rings. The number of hydrazone groups is 1. The van der Waals surface area contributed by atoms with Gasteiger partial charge in [-0.05, 0) is 30.3 Å². The Morgan fingerprint density at radius 3 is 2.47 bits per heavy atom. The number of hydrogen-bond donors (Lipinski definition) is 0. The predicted molar refractivity (Wildman–Crippen MR) is 117 cm³/mol. The lowest BCUT2D eigenvalue weighted by Gasteiger charge is -2.38. The lowest BCUT2D eigenvalue weighted by atomic mass is 9.96. The number of nitrogens with zero attached hydrogens (tertiary/aromatic N) is 2. The summed E-state index contributed by atoms with van der Waals surface area (Å²) < 4.78 is 18.9. The number of halogens is 1.